The van der Waals surface area contributed by atoms with E-state index in [0.29, 0.717) is 35.1 Å². The van der Waals surface area contributed by atoms with Gasteiger partial charge >= 0.3 is 11.9 Å². The van der Waals surface area contributed by atoms with Crippen molar-refractivity contribution in [2.24, 2.45) is 11.8 Å². The fourth-order valence-electron chi connectivity index (χ4n) is 6.02. The molecule has 2 saturated heterocycles. The van der Waals surface area contributed by atoms with Crippen LogP contribution in [-0.4, -0.2) is 59.5 Å². The Hall–Kier alpha value is -3.46. The predicted octanol–water partition coefficient (Wildman–Crippen LogP) is 3.25. The number of esters is 2. The molecule has 0 radical (unpaired) electrons. The van der Waals surface area contributed by atoms with Crippen molar-refractivity contribution in [3.63, 3.8) is 0 Å². The van der Waals surface area contributed by atoms with Crippen LogP contribution in [0.25, 0.3) is 0 Å². The number of carbonyl (C=O) groups excluding carboxylic acids is 6. The molecule has 0 amide bonds. The van der Waals surface area contributed by atoms with Gasteiger partial charge in [0.1, 0.15) is 23.8 Å². The van der Waals surface area contributed by atoms with Crippen LogP contribution in [0.15, 0.2) is 46.6 Å². The second kappa shape index (κ2) is 11.0. The van der Waals surface area contributed by atoms with Gasteiger partial charge in [0, 0.05) is 59.8 Å². The minimum Gasteiger partial charge on any atom is -0.453 e. The van der Waals surface area contributed by atoms with E-state index >= 15 is 0 Å². The molecule has 0 aromatic carbocycles. The molecule has 0 aromatic rings. The Morgan fingerprint density at radius 2 is 1.10 bits per heavy atom. The zero-order valence-electron chi connectivity index (χ0n) is 22.8. The van der Waals surface area contributed by atoms with Crippen LogP contribution >= 0.6 is 0 Å². The average Bonchev–Trinajstić information content (AvgIpc) is 3.48. The monoisotopic (exact) mass is 538 g/mol. The topological polar surface area (TPSA) is 130 Å². The van der Waals surface area contributed by atoms with Crippen molar-refractivity contribution >= 4 is 35.1 Å². The van der Waals surface area contributed by atoms with Crippen LogP contribution < -0.4 is 0 Å². The standard InChI is InChI=1S/C30H34O9/c1-13(31)7-9-19-15(3)29(35)38-27(19)25-17(5)23(11-21(25)33)37-24-12-22(34)26(18(24)6)28-20(10-8-14(2)32)16(4)30(36)39-28/h19-20,23-24,27-28H,3-4,7-12H2,1-2,5-6H3/t19-,20-,23?,24?,27-,28-/m0/s1. The molecule has 208 valence electrons. The lowest BCUT2D eigenvalue weighted by Gasteiger charge is -2.22. The molecule has 6 atom stereocenters. The molecule has 0 aromatic heterocycles. The highest BCUT2D eigenvalue weighted by Gasteiger charge is 2.49. The molecule has 0 N–H and O–H groups in total. The van der Waals surface area contributed by atoms with E-state index in [9.17, 15) is 28.8 Å². The summed E-state index contributed by atoms with van der Waals surface area (Å²) in [4.78, 5) is 73.9. The molecule has 0 bridgehead atoms. The fourth-order valence-corrected chi connectivity index (χ4v) is 6.02. The van der Waals surface area contributed by atoms with Crippen LogP contribution in [0.4, 0.5) is 0 Å². The lowest BCUT2D eigenvalue weighted by Crippen LogP contribution is -2.24. The molecule has 9 heteroatoms. The quantitative estimate of drug-likeness (QED) is 0.304. The molecule has 2 unspecified atom stereocenters. The SMILES string of the molecule is C=C1C(=O)O[C@H](C2=C(C)C(OC3CC(=O)C([C@H]4OC(=O)C(=C)[C@@H]4CCC(C)=O)=C3C)CC2=O)[C@H]1CCC(C)=O. The van der Waals surface area contributed by atoms with E-state index in [4.69, 9.17) is 14.2 Å². The molecule has 0 spiro atoms. The largest absolute Gasteiger partial charge is 0.453 e. The van der Waals surface area contributed by atoms with E-state index in [2.05, 4.69) is 13.2 Å². The normalized spacial score (nSPS) is 31.1. The van der Waals surface area contributed by atoms with E-state index < -0.39 is 48.2 Å². The van der Waals surface area contributed by atoms with Crippen LogP contribution in [0.1, 0.15) is 66.2 Å². The molecule has 39 heavy (non-hydrogen) atoms. The summed E-state index contributed by atoms with van der Waals surface area (Å²) in [6.07, 6.45) is -1.68. The molecule has 2 heterocycles. The van der Waals surface area contributed by atoms with Gasteiger partial charge in [0.25, 0.3) is 0 Å². The van der Waals surface area contributed by atoms with Crippen LogP contribution in [0.2, 0.25) is 0 Å². The van der Waals surface area contributed by atoms with Gasteiger partial charge in [0.2, 0.25) is 0 Å². The van der Waals surface area contributed by atoms with Gasteiger partial charge in [-0.05, 0) is 51.7 Å². The number of Topliss-reactive ketones (excluding diaryl/α,β-unsaturated/α-hetero) is 4. The predicted molar refractivity (Wildman–Crippen MR) is 138 cm³/mol. The van der Waals surface area contributed by atoms with Crippen molar-refractivity contribution in [3.8, 4) is 0 Å². The van der Waals surface area contributed by atoms with Gasteiger partial charge in [-0.25, -0.2) is 9.59 Å². The number of hydrogen-bond donors (Lipinski definition) is 0. The van der Waals surface area contributed by atoms with Crippen molar-refractivity contribution in [1.82, 2.24) is 0 Å². The summed E-state index contributed by atoms with van der Waals surface area (Å²) in [5.74, 6) is -2.61. The maximum absolute atomic E-state index is 13.1. The molecule has 2 aliphatic heterocycles. The third kappa shape index (κ3) is 5.37. The maximum Gasteiger partial charge on any atom is 0.334 e. The lowest BCUT2D eigenvalue weighted by atomic mass is 9.86. The Labute approximate surface area is 227 Å². The van der Waals surface area contributed by atoms with Gasteiger partial charge in [-0.3, -0.25) is 9.59 Å². The van der Waals surface area contributed by atoms with E-state index in [-0.39, 0.29) is 60.0 Å². The van der Waals surface area contributed by atoms with Crippen LogP contribution in [0.5, 0.6) is 0 Å². The zero-order chi connectivity index (χ0) is 28.8. The summed E-state index contributed by atoms with van der Waals surface area (Å²) in [6, 6.07) is 0. The molecule has 2 fully saturated rings. The fraction of sp³-hybridized carbons (Fsp3) is 0.533. The van der Waals surface area contributed by atoms with Crippen LogP contribution in [0, 0.1) is 11.8 Å². The minimum absolute atomic E-state index is 0.0326. The highest BCUT2D eigenvalue weighted by Crippen LogP contribution is 2.43. The summed E-state index contributed by atoms with van der Waals surface area (Å²) >= 11 is 0. The number of cyclic esters (lactones) is 2. The summed E-state index contributed by atoms with van der Waals surface area (Å²) in [5.41, 5.74) is 2.45. The Morgan fingerprint density at radius 3 is 1.44 bits per heavy atom. The summed E-state index contributed by atoms with van der Waals surface area (Å²) in [6.45, 7) is 14.1. The van der Waals surface area contributed by atoms with Gasteiger partial charge in [-0.2, -0.15) is 0 Å². The number of carbonyl (C=O) groups is 6. The molecular weight excluding hydrogens is 504 g/mol. The van der Waals surface area contributed by atoms with Gasteiger partial charge in [0.05, 0.1) is 12.2 Å². The van der Waals surface area contributed by atoms with Crippen molar-refractivity contribution in [1.29, 1.82) is 0 Å². The van der Waals surface area contributed by atoms with Crippen LogP contribution in [-0.2, 0) is 43.0 Å². The second-order valence-corrected chi connectivity index (χ2v) is 11.0. The van der Waals surface area contributed by atoms with Gasteiger partial charge in [0.15, 0.2) is 11.6 Å². The molecule has 9 nitrogen and oxygen atoms in total. The molecule has 4 aliphatic rings. The van der Waals surface area contributed by atoms with Crippen molar-refractivity contribution in [3.05, 3.63) is 46.6 Å². The average molecular weight is 539 g/mol. The first-order chi connectivity index (χ1) is 18.3. The minimum atomic E-state index is -0.825. The molecule has 0 saturated carbocycles. The lowest BCUT2D eigenvalue weighted by molar-refractivity contribution is -0.139. The van der Waals surface area contributed by atoms with Gasteiger partial charge in [-0.1, -0.05) is 13.2 Å². The number of hydrogen-bond acceptors (Lipinski definition) is 9. The smallest absolute Gasteiger partial charge is 0.334 e. The third-order valence-electron chi connectivity index (χ3n) is 8.29. The van der Waals surface area contributed by atoms with Gasteiger partial charge < -0.3 is 23.8 Å². The second-order valence-electron chi connectivity index (χ2n) is 11.0. The van der Waals surface area contributed by atoms with E-state index in [0.717, 1.165) is 0 Å². The Morgan fingerprint density at radius 1 is 0.744 bits per heavy atom. The summed E-state index contributed by atoms with van der Waals surface area (Å²) < 4.78 is 17.4. The van der Waals surface area contributed by atoms with Gasteiger partial charge in [-0.15, -0.1) is 0 Å². The van der Waals surface area contributed by atoms with E-state index in [1.54, 1.807) is 13.8 Å². The first-order valence-corrected chi connectivity index (χ1v) is 13.2. The molecule has 4 rings (SSSR count). The number of ketones is 4. The van der Waals surface area contributed by atoms with E-state index in [1.165, 1.54) is 13.8 Å². The highest BCUT2D eigenvalue weighted by atomic mass is 16.6. The van der Waals surface area contributed by atoms with Crippen molar-refractivity contribution < 1.29 is 43.0 Å². The Kier molecular flexibility index (Phi) is 8.02. The number of ether oxygens (including phenoxy) is 3. The third-order valence-corrected chi connectivity index (χ3v) is 8.29. The number of rotatable bonds is 10. The zero-order valence-corrected chi connectivity index (χ0v) is 22.8. The first-order valence-electron chi connectivity index (χ1n) is 13.2. The van der Waals surface area contributed by atoms with Crippen LogP contribution in [0.3, 0.4) is 0 Å². The molecule has 2 aliphatic carbocycles. The Balaban J connectivity index is 1.55. The van der Waals surface area contributed by atoms with E-state index in [1.807, 2.05) is 0 Å². The summed E-state index contributed by atoms with van der Waals surface area (Å²) in [5, 5.41) is 0. The summed E-state index contributed by atoms with van der Waals surface area (Å²) in [7, 11) is 0. The van der Waals surface area contributed by atoms with Crippen molar-refractivity contribution in [2.75, 3.05) is 0 Å². The molecular formula is C30H34O9. The Bertz CT molecular complexity index is 1170. The highest BCUT2D eigenvalue weighted by molar-refractivity contribution is 6.04. The first kappa shape index (κ1) is 28.5. The maximum atomic E-state index is 13.1. The van der Waals surface area contributed by atoms with Crippen molar-refractivity contribution in [2.45, 2.75) is 90.6 Å².